The van der Waals surface area contributed by atoms with Gasteiger partial charge in [0, 0.05) is 26.2 Å². The van der Waals surface area contributed by atoms with Crippen molar-refractivity contribution in [3.8, 4) is 11.5 Å². The first-order chi connectivity index (χ1) is 10.1. The molecular formula is C14H16N4O3. The number of carboxylic acids is 1. The summed E-state index contributed by atoms with van der Waals surface area (Å²) in [6.45, 7) is 3.54. The fourth-order valence-corrected chi connectivity index (χ4v) is 2.32. The van der Waals surface area contributed by atoms with Crippen LogP contribution in [0.3, 0.4) is 0 Å². The van der Waals surface area contributed by atoms with E-state index in [0.717, 1.165) is 26.2 Å². The molecule has 0 atom stereocenters. The minimum absolute atomic E-state index is 0.158. The Morgan fingerprint density at radius 3 is 2.67 bits per heavy atom. The second kappa shape index (κ2) is 5.53. The molecule has 7 heteroatoms. The molecule has 2 heterocycles. The van der Waals surface area contributed by atoms with Gasteiger partial charge in [-0.3, -0.25) is 0 Å². The van der Waals surface area contributed by atoms with E-state index in [1.165, 1.54) is 6.07 Å². The first-order valence-corrected chi connectivity index (χ1v) is 6.75. The highest BCUT2D eigenvalue weighted by Crippen LogP contribution is 2.24. The van der Waals surface area contributed by atoms with Crippen LogP contribution in [0.25, 0.3) is 11.5 Å². The van der Waals surface area contributed by atoms with E-state index in [4.69, 9.17) is 4.52 Å². The Balaban J connectivity index is 1.87. The van der Waals surface area contributed by atoms with Crippen molar-refractivity contribution < 1.29 is 14.4 Å². The first-order valence-electron chi connectivity index (χ1n) is 6.75. The smallest absolute Gasteiger partial charge is 0.336 e. The summed E-state index contributed by atoms with van der Waals surface area (Å²) in [4.78, 5) is 19.8. The summed E-state index contributed by atoms with van der Waals surface area (Å²) in [6.07, 6.45) is 0. The zero-order chi connectivity index (χ0) is 14.8. The molecule has 1 aliphatic rings. The number of piperazine rings is 1. The van der Waals surface area contributed by atoms with E-state index in [1.54, 1.807) is 18.2 Å². The zero-order valence-corrected chi connectivity index (χ0v) is 11.7. The van der Waals surface area contributed by atoms with E-state index in [0.29, 0.717) is 11.5 Å². The fraction of sp³-hybridized carbons (Fsp3) is 0.357. The van der Waals surface area contributed by atoms with Crippen molar-refractivity contribution in [3.05, 3.63) is 29.8 Å². The zero-order valence-electron chi connectivity index (χ0n) is 11.7. The number of likely N-dealkylation sites (N-methyl/N-ethyl adjacent to an activating group) is 1. The number of rotatable bonds is 3. The number of hydrogen-bond donors (Lipinski definition) is 1. The van der Waals surface area contributed by atoms with Crippen LogP contribution in [0.1, 0.15) is 10.4 Å². The van der Waals surface area contributed by atoms with Crippen LogP contribution in [-0.2, 0) is 0 Å². The largest absolute Gasteiger partial charge is 0.478 e. The van der Waals surface area contributed by atoms with Crippen molar-refractivity contribution in [1.29, 1.82) is 0 Å². The number of hydrogen-bond acceptors (Lipinski definition) is 6. The third kappa shape index (κ3) is 2.73. The lowest BCUT2D eigenvalue weighted by molar-refractivity contribution is 0.0697. The van der Waals surface area contributed by atoms with Crippen molar-refractivity contribution in [2.75, 3.05) is 38.1 Å². The maximum absolute atomic E-state index is 11.2. The first kappa shape index (κ1) is 13.6. The van der Waals surface area contributed by atoms with Crippen LogP contribution in [0.2, 0.25) is 0 Å². The van der Waals surface area contributed by atoms with Crippen LogP contribution in [0.5, 0.6) is 0 Å². The average Bonchev–Trinajstić information content (AvgIpc) is 2.97. The molecule has 3 rings (SSSR count). The predicted octanol–water partition coefficient (Wildman–Crippen LogP) is 1.19. The average molecular weight is 288 g/mol. The Morgan fingerprint density at radius 2 is 1.95 bits per heavy atom. The van der Waals surface area contributed by atoms with Crippen LogP contribution in [-0.4, -0.2) is 59.3 Å². The van der Waals surface area contributed by atoms with Crippen molar-refractivity contribution in [1.82, 2.24) is 15.0 Å². The minimum Gasteiger partial charge on any atom is -0.478 e. The lowest BCUT2D eigenvalue weighted by atomic mass is 10.1. The molecule has 1 fully saturated rings. The Labute approximate surface area is 121 Å². The molecule has 0 saturated carbocycles. The molecule has 0 bridgehead atoms. The second-order valence-electron chi connectivity index (χ2n) is 5.04. The van der Waals surface area contributed by atoms with Gasteiger partial charge >= 0.3 is 5.97 Å². The molecule has 1 aromatic heterocycles. The van der Waals surface area contributed by atoms with Crippen molar-refractivity contribution in [3.63, 3.8) is 0 Å². The second-order valence-corrected chi connectivity index (χ2v) is 5.04. The fourth-order valence-electron chi connectivity index (χ4n) is 2.32. The van der Waals surface area contributed by atoms with Gasteiger partial charge in [-0.25, -0.2) is 4.79 Å². The molecule has 1 N–H and O–H groups in total. The topological polar surface area (TPSA) is 82.7 Å². The summed E-state index contributed by atoms with van der Waals surface area (Å²) < 4.78 is 5.24. The van der Waals surface area contributed by atoms with Gasteiger partial charge in [0.2, 0.25) is 0 Å². The van der Waals surface area contributed by atoms with Crippen LogP contribution in [0, 0.1) is 0 Å². The molecule has 1 aliphatic heterocycles. The summed E-state index contributed by atoms with van der Waals surface area (Å²) in [7, 11) is 2.07. The molecule has 21 heavy (non-hydrogen) atoms. The standard InChI is InChI=1S/C14H16N4O3/c1-17-6-8-18(9-7-17)14-15-12(21-16-14)10-4-2-3-5-11(10)13(19)20/h2-5H,6-9H2,1H3,(H,19,20). The van der Waals surface area contributed by atoms with Crippen molar-refractivity contribution >= 4 is 11.9 Å². The molecule has 1 saturated heterocycles. The molecule has 0 amide bonds. The van der Waals surface area contributed by atoms with E-state index in [-0.39, 0.29) is 11.5 Å². The van der Waals surface area contributed by atoms with E-state index < -0.39 is 5.97 Å². The van der Waals surface area contributed by atoms with Gasteiger partial charge in [-0.05, 0) is 24.3 Å². The van der Waals surface area contributed by atoms with Crippen molar-refractivity contribution in [2.45, 2.75) is 0 Å². The molecule has 110 valence electrons. The quantitative estimate of drug-likeness (QED) is 0.908. The monoisotopic (exact) mass is 288 g/mol. The van der Waals surface area contributed by atoms with Crippen LogP contribution < -0.4 is 4.90 Å². The lowest BCUT2D eigenvalue weighted by Gasteiger charge is -2.31. The molecule has 0 spiro atoms. The molecule has 7 nitrogen and oxygen atoms in total. The molecular weight excluding hydrogens is 272 g/mol. The van der Waals surface area contributed by atoms with Gasteiger partial charge in [0.25, 0.3) is 11.8 Å². The van der Waals surface area contributed by atoms with Gasteiger partial charge in [0.1, 0.15) is 0 Å². The van der Waals surface area contributed by atoms with Gasteiger partial charge in [-0.15, -0.1) is 0 Å². The van der Waals surface area contributed by atoms with Crippen molar-refractivity contribution in [2.24, 2.45) is 0 Å². The number of aromatic carboxylic acids is 1. The van der Waals surface area contributed by atoms with Gasteiger partial charge in [0.15, 0.2) is 0 Å². The number of carboxylic acid groups (broad SMARTS) is 1. The lowest BCUT2D eigenvalue weighted by Crippen LogP contribution is -2.44. The highest BCUT2D eigenvalue weighted by atomic mass is 16.5. The molecule has 0 aliphatic carbocycles. The molecule has 0 unspecified atom stereocenters. The number of carbonyl (C=O) groups is 1. The van der Waals surface area contributed by atoms with E-state index >= 15 is 0 Å². The van der Waals surface area contributed by atoms with Gasteiger partial charge < -0.3 is 19.4 Å². The van der Waals surface area contributed by atoms with E-state index in [9.17, 15) is 9.90 Å². The maximum Gasteiger partial charge on any atom is 0.336 e. The van der Waals surface area contributed by atoms with Crippen LogP contribution >= 0.6 is 0 Å². The van der Waals surface area contributed by atoms with Gasteiger partial charge in [0.05, 0.1) is 11.1 Å². The highest BCUT2D eigenvalue weighted by molar-refractivity contribution is 5.94. The number of aromatic nitrogens is 2. The summed E-state index contributed by atoms with van der Waals surface area (Å²) in [6, 6.07) is 6.62. The molecule has 0 radical (unpaired) electrons. The number of benzene rings is 1. The Bertz CT molecular complexity index is 647. The SMILES string of the molecule is CN1CCN(c2noc(-c3ccccc3C(=O)O)n2)CC1. The van der Waals surface area contributed by atoms with Crippen LogP contribution in [0.15, 0.2) is 28.8 Å². The number of nitrogens with zero attached hydrogens (tertiary/aromatic N) is 4. The Morgan fingerprint density at radius 1 is 1.24 bits per heavy atom. The molecule has 1 aromatic carbocycles. The Hall–Kier alpha value is -2.41. The predicted molar refractivity (Wildman–Crippen MR) is 76.4 cm³/mol. The maximum atomic E-state index is 11.2. The van der Waals surface area contributed by atoms with E-state index in [1.807, 2.05) is 4.90 Å². The minimum atomic E-state index is -1.01. The van der Waals surface area contributed by atoms with E-state index in [2.05, 4.69) is 22.1 Å². The van der Waals surface area contributed by atoms with Crippen LogP contribution in [0.4, 0.5) is 5.95 Å². The highest BCUT2D eigenvalue weighted by Gasteiger charge is 2.21. The Kier molecular flexibility index (Phi) is 3.57. The number of anilines is 1. The summed E-state index contributed by atoms with van der Waals surface area (Å²) >= 11 is 0. The normalized spacial score (nSPS) is 16.1. The summed E-state index contributed by atoms with van der Waals surface area (Å²) in [5.41, 5.74) is 0.601. The summed E-state index contributed by atoms with van der Waals surface area (Å²) in [5, 5.41) is 13.2. The third-order valence-electron chi connectivity index (χ3n) is 3.59. The summed E-state index contributed by atoms with van der Waals surface area (Å²) in [5.74, 6) is -0.259. The van der Waals surface area contributed by atoms with Gasteiger partial charge in [-0.2, -0.15) is 4.98 Å². The molecule has 2 aromatic rings. The third-order valence-corrected chi connectivity index (χ3v) is 3.59. The van der Waals surface area contributed by atoms with Gasteiger partial charge in [-0.1, -0.05) is 12.1 Å².